The van der Waals surface area contributed by atoms with Crippen LogP contribution in [-0.4, -0.2) is 64.8 Å². The van der Waals surface area contributed by atoms with E-state index in [1.165, 1.54) is 24.5 Å². The number of thiazole rings is 1. The van der Waals surface area contributed by atoms with Crippen molar-refractivity contribution < 1.29 is 24.3 Å². The van der Waals surface area contributed by atoms with Crippen LogP contribution in [0.3, 0.4) is 0 Å². The molecule has 1 aromatic heterocycles. The van der Waals surface area contributed by atoms with Crippen LogP contribution in [0, 0.1) is 5.41 Å². The van der Waals surface area contributed by atoms with Crippen LogP contribution >= 0.6 is 11.3 Å². The second-order valence-electron chi connectivity index (χ2n) is 7.73. The standard InChI is InChI=1S/C18H29N5O5S/c1-12(22-23(17(27)28)13(10-24)8-18(2,3)4)15(26)19-6-5-7-20-16-21-9-14(11-25)29-16/h9-13,22H,5-8H2,1-4H3,(H,19,26)(H,20,21)(H,27,28)/t12-,13-/m0/s1. The lowest BCUT2D eigenvalue weighted by atomic mass is 9.88. The van der Waals surface area contributed by atoms with Crippen molar-refractivity contribution in [2.24, 2.45) is 5.41 Å². The molecule has 0 saturated carbocycles. The molecule has 0 saturated heterocycles. The van der Waals surface area contributed by atoms with Gasteiger partial charge in [-0.25, -0.2) is 20.2 Å². The molecule has 0 aromatic carbocycles. The second-order valence-corrected chi connectivity index (χ2v) is 8.79. The number of nitrogens with zero attached hydrogens (tertiary/aromatic N) is 2. The maximum Gasteiger partial charge on any atom is 0.422 e. The zero-order valence-corrected chi connectivity index (χ0v) is 17.9. The molecule has 0 aliphatic rings. The van der Waals surface area contributed by atoms with Gasteiger partial charge in [-0.05, 0) is 25.2 Å². The molecule has 10 nitrogen and oxygen atoms in total. The van der Waals surface area contributed by atoms with E-state index in [0.29, 0.717) is 42.2 Å². The minimum Gasteiger partial charge on any atom is -0.464 e. The molecule has 162 valence electrons. The van der Waals surface area contributed by atoms with E-state index in [9.17, 15) is 24.3 Å². The molecule has 0 aliphatic carbocycles. The SMILES string of the molecule is C[C@H](NN(C(=O)O)[C@H](C=O)CC(C)(C)C)C(=O)NCCCNc1ncc(C=O)s1. The van der Waals surface area contributed by atoms with Crippen molar-refractivity contribution in [1.82, 2.24) is 20.7 Å². The van der Waals surface area contributed by atoms with E-state index in [1.807, 2.05) is 20.8 Å². The summed E-state index contributed by atoms with van der Waals surface area (Å²) >= 11 is 1.24. The summed E-state index contributed by atoms with van der Waals surface area (Å²) in [4.78, 5) is 50.3. The van der Waals surface area contributed by atoms with Crippen molar-refractivity contribution in [3.05, 3.63) is 11.1 Å². The number of anilines is 1. The molecule has 1 heterocycles. The average molecular weight is 428 g/mol. The van der Waals surface area contributed by atoms with Crippen LogP contribution in [0.1, 0.15) is 50.2 Å². The number of hydrazine groups is 1. The van der Waals surface area contributed by atoms with E-state index < -0.39 is 18.2 Å². The first kappa shape index (κ1) is 24.5. The van der Waals surface area contributed by atoms with Crippen LogP contribution in [0.15, 0.2) is 6.20 Å². The molecular weight excluding hydrogens is 398 g/mol. The fraction of sp³-hybridized carbons (Fsp3) is 0.611. The molecule has 0 spiro atoms. The van der Waals surface area contributed by atoms with Gasteiger partial charge in [-0.3, -0.25) is 9.59 Å². The van der Waals surface area contributed by atoms with Crippen LogP contribution < -0.4 is 16.1 Å². The quantitative estimate of drug-likeness (QED) is 0.225. The first-order valence-electron chi connectivity index (χ1n) is 9.23. The highest BCUT2D eigenvalue weighted by molar-refractivity contribution is 7.17. The molecular formula is C18H29N5O5S. The Kier molecular flexibility index (Phi) is 9.69. The van der Waals surface area contributed by atoms with Gasteiger partial charge in [0.15, 0.2) is 11.4 Å². The highest BCUT2D eigenvalue weighted by atomic mass is 32.1. The summed E-state index contributed by atoms with van der Waals surface area (Å²) in [5, 5.41) is 16.6. The predicted octanol–water partition coefficient (Wildman–Crippen LogP) is 1.75. The molecule has 1 aromatic rings. The molecule has 0 radical (unpaired) electrons. The lowest BCUT2D eigenvalue weighted by Gasteiger charge is -2.32. The smallest absolute Gasteiger partial charge is 0.422 e. The molecule has 2 amide bonds. The lowest BCUT2D eigenvalue weighted by Crippen LogP contribution is -2.57. The predicted molar refractivity (Wildman–Crippen MR) is 110 cm³/mol. The summed E-state index contributed by atoms with van der Waals surface area (Å²) in [6.07, 6.45) is 2.38. The van der Waals surface area contributed by atoms with Gasteiger partial charge in [0.05, 0.1) is 11.1 Å². The monoisotopic (exact) mass is 427 g/mol. The molecule has 29 heavy (non-hydrogen) atoms. The Morgan fingerprint density at radius 1 is 1.31 bits per heavy atom. The Hall–Kier alpha value is -2.53. The van der Waals surface area contributed by atoms with Crippen LogP contribution in [0.25, 0.3) is 0 Å². The Balaban J connectivity index is 2.44. The minimum absolute atomic E-state index is 0.261. The van der Waals surface area contributed by atoms with E-state index in [0.717, 1.165) is 11.3 Å². The Morgan fingerprint density at radius 2 is 2.00 bits per heavy atom. The molecule has 4 N–H and O–H groups in total. The fourth-order valence-electron chi connectivity index (χ4n) is 2.46. The maximum atomic E-state index is 12.2. The Labute approximate surface area is 174 Å². The van der Waals surface area contributed by atoms with E-state index in [2.05, 4.69) is 21.0 Å². The molecule has 0 unspecified atom stereocenters. The summed E-state index contributed by atoms with van der Waals surface area (Å²) in [5.41, 5.74) is 2.34. The first-order chi connectivity index (χ1) is 13.6. The van der Waals surface area contributed by atoms with E-state index >= 15 is 0 Å². The van der Waals surface area contributed by atoms with Gasteiger partial charge < -0.3 is 20.5 Å². The number of hydrogen-bond donors (Lipinski definition) is 4. The maximum absolute atomic E-state index is 12.2. The van der Waals surface area contributed by atoms with Gasteiger partial charge in [0.2, 0.25) is 5.91 Å². The molecule has 0 bridgehead atoms. The van der Waals surface area contributed by atoms with Gasteiger partial charge >= 0.3 is 6.09 Å². The number of rotatable bonds is 12. The van der Waals surface area contributed by atoms with Crippen molar-refractivity contribution in [3.8, 4) is 0 Å². The number of aromatic nitrogens is 1. The largest absolute Gasteiger partial charge is 0.464 e. The molecule has 11 heteroatoms. The Morgan fingerprint density at radius 3 is 2.52 bits per heavy atom. The summed E-state index contributed by atoms with van der Waals surface area (Å²) in [7, 11) is 0. The van der Waals surface area contributed by atoms with Crippen molar-refractivity contribution >= 4 is 41.0 Å². The number of aldehydes is 2. The van der Waals surface area contributed by atoms with Gasteiger partial charge in [0.25, 0.3) is 0 Å². The van der Waals surface area contributed by atoms with Crippen LogP contribution in [-0.2, 0) is 9.59 Å². The molecule has 1 rings (SSSR count). The number of carboxylic acid groups (broad SMARTS) is 1. The number of carbonyl (C=O) groups excluding carboxylic acids is 3. The van der Waals surface area contributed by atoms with Gasteiger partial charge in [-0.15, -0.1) is 0 Å². The van der Waals surface area contributed by atoms with Crippen molar-refractivity contribution in [3.63, 3.8) is 0 Å². The summed E-state index contributed by atoms with van der Waals surface area (Å²) < 4.78 is 0. The lowest BCUT2D eigenvalue weighted by molar-refractivity contribution is -0.125. The van der Waals surface area contributed by atoms with E-state index in [-0.39, 0.29) is 11.3 Å². The third-order valence-corrected chi connectivity index (χ3v) is 4.69. The van der Waals surface area contributed by atoms with Gasteiger partial charge in [-0.2, -0.15) is 0 Å². The zero-order chi connectivity index (χ0) is 22.0. The van der Waals surface area contributed by atoms with Crippen LogP contribution in [0.4, 0.5) is 9.93 Å². The number of carbonyl (C=O) groups is 4. The van der Waals surface area contributed by atoms with Crippen molar-refractivity contribution in [2.45, 2.75) is 52.6 Å². The van der Waals surface area contributed by atoms with Crippen molar-refractivity contribution in [2.75, 3.05) is 18.4 Å². The topological polar surface area (TPSA) is 141 Å². The highest BCUT2D eigenvalue weighted by Gasteiger charge is 2.30. The number of nitrogens with one attached hydrogen (secondary N) is 3. The number of hydrogen-bond acceptors (Lipinski definition) is 8. The van der Waals surface area contributed by atoms with E-state index in [4.69, 9.17) is 0 Å². The van der Waals surface area contributed by atoms with Crippen molar-refractivity contribution in [1.29, 1.82) is 0 Å². The Bertz CT molecular complexity index is 703. The normalized spacial score (nSPS) is 13.2. The van der Waals surface area contributed by atoms with Gasteiger partial charge in [0.1, 0.15) is 18.4 Å². The molecule has 0 fully saturated rings. The summed E-state index contributed by atoms with van der Waals surface area (Å²) in [5.74, 6) is -0.380. The van der Waals surface area contributed by atoms with Crippen LogP contribution in [0.2, 0.25) is 0 Å². The third-order valence-electron chi connectivity index (χ3n) is 3.81. The zero-order valence-electron chi connectivity index (χ0n) is 17.1. The van der Waals surface area contributed by atoms with E-state index in [1.54, 1.807) is 0 Å². The molecule has 2 atom stereocenters. The first-order valence-corrected chi connectivity index (χ1v) is 10.0. The second kappa shape index (κ2) is 11.5. The molecule has 0 aliphatic heterocycles. The minimum atomic E-state index is -1.33. The number of amides is 2. The van der Waals surface area contributed by atoms with Gasteiger partial charge in [-0.1, -0.05) is 32.1 Å². The van der Waals surface area contributed by atoms with Gasteiger partial charge in [0, 0.05) is 13.1 Å². The third kappa shape index (κ3) is 9.01. The fourth-order valence-corrected chi connectivity index (χ4v) is 3.12. The summed E-state index contributed by atoms with van der Waals surface area (Å²) in [6, 6.07) is -1.74. The average Bonchev–Trinajstić information content (AvgIpc) is 3.10. The highest BCUT2D eigenvalue weighted by Crippen LogP contribution is 2.22. The van der Waals surface area contributed by atoms with Crippen LogP contribution in [0.5, 0.6) is 0 Å². The summed E-state index contributed by atoms with van der Waals surface area (Å²) in [6.45, 7) is 8.15.